The summed E-state index contributed by atoms with van der Waals surface area (Å²) in [5.74, 6) is -0.214. The number of nitrogens with zero attached hydrogens (tertiary/aromatic N) is 3. The summed E-state index contributed by atoms with van der Waals surface area (Å²) in [7, 11) is 0. The molecule has 1 aromatic carbocycles. The Labute approximate surface area is 162 Å². The van der Waals surface area contributed by atoms with Gasteiger partial charge in [0.25, 0.3) is 0 Å². The van der Waals surface area contributed by atoms with Gasteiger partial charge in [-0.1, -0.05) is 0 Å². The fraction of sp³-hybridized carbons (Fsp3) is 0.619. The van der Waals surface area contributed by atoms with Crippen LogP contribution in [0.3, 0.4) is 0 Å². The summed E-state index contributed by atoms with van der Waals surface area (Å²) in [6.45, 7) is 9.03. The minimum atomic E-state index is -2.59. The van der Waals surface area contributed by atoms with Crippen LogP contribution in [0, 0.1) is 12.7 Å². The van der Waals surface area contributed by atoms with Crippen molar-refractivity contribution in [2.45, 2.75) is 79.5 Å². The number of benzene rings is 1. The van der Waals surface area contributed by atoms with Crippen LogP contribution in [-0.2, 0) is 0 Å². The van der Waals surface area contributed by atoms with Gasteiger partial charge in [-0.3, -0.25) is 0 Å². The summed E-state index contributed by atoms with van der Waals surface area (Å²) in [5, 5.41) is 9.26. The van der Waals surface area contributed by atoms with Gasteiger partial charge < -0.3 is 0 Å². The van der Waals surface area contributed by atoms with Gasteiger partial charge in [0.1, 0.15) is 0 Å². The molecule has 0 radical (unpaired) electrons. The minimum absolute atomic E-state index is 0.214. The predicted octanol–water partition coefficient (Wildman–Crippen LogP) is 5.77. The Bertz CT molecular complexity index is 645. The Morgan fingerprint density at radius 2 is 1.38 bits per heavy atom. The Kier molecular flexibility index (Phi) is 8.58. The van der Waals surface area contributed by atoms with Crippen molar-refractivity contribution in [3.05, 3.63) is 35.8 Å². The molecule has 5 heteroatoms. The average Bonchev–Trinajstić information content (AvgIpc) is 3.04. The molecule has 0 aliphatic rings. The third-order valence-corrected chi connectivity index (χ3v) is 20.9. The zero-order chi connectivity index (χ0) is 19.0. The van der Waals surface area contributed by atoms with E-state index in [1.54, 1.807) is 12.1 Å². The van der Waals surface area contributed by atoms with Gasteiger partial charge in [0, 0.05) is 0 Å². The third-order valence-electron chi connectivity index (χ3n) is 5.49. The van der Waals surface area contributed by atoms with Gasteiger partial charge >= 0.3 is 162 Å². The Balaban J connectivity index is 2.43. The summed E-state index contributed by atoms with van der Waals surface area (Å²) in [6, 6.07) is 6.58. The number of rotatable bonds is 11. The van der Waals surface area contributed by atoms with Crippen molar-refractivity contribution < 1.29 is 4.39 Å². The van der Waals surface area contributed by atoms with Crippen LogP contribution in [0.1, 0.15) is 65.0 Å². The van der Waals surface area contributed by atoms with Crippen LogP contribution < -0.4 is 3.71 Å². The number of unbranched alkanes of at least 4 members (excludes halogenated alkanes) is 3. The second-order valence-corrected chi connectivity index (χ2v) is 20.4. The molecule has 1 heterocycles. The molecule has 0 fully saturated rings. The Morgan fingerprint density at radius 1 is 0.885 bits per heavy atom. The van der Waals surface area contributed by atoms with E-state index in [4.69, 9.17) is 5.10 Å². The third kappa shape index (κ3) is 5.08. The van der Waals surface area contributed by atoms with E-state index in [1.807, 2.05) is 4.68 Å². The summed E-state index contributed by atoms with van der Waals surface area (Å²) in [5.41, 5.74) is 2.10. The molecule has 0 aliphatic heterocycles. The molecular formula is C21H34FN3Sn. The van der Waals surface area contributed by atoms with Gasteiger partial charge in [-0.15, -0.1) is 0 Å². The van der Waals surface area contributed by atoms with Crippen molar-refractivity contribution in [2.24, 2.45) is 0 Å². The molecule has 0 aliphatic carbocycles. The number of hydrogen-bond acceptors (Lipinski definition) is 2. The second kappa shape index (κ2) is 10.4. The zero-order valence-electron chi connectivity index (χ0n) is 16.9. The zero-order valence-corrected chi connectivity index (χ0v) is 19.7. The SMILES string of the molecule is CCC[CH2][Sn]([CH2]CCC)([CH2]CCC)[c]1nnn(-c2ccc(F)cc2)c1C. The second-order valence-electron chi connectivity index (χ2n) is 7.50. The first-order chi connectivity index (χ1) is 12.6. The molecule has 1 aromatic heterocycles. The molecule has 144 valence electrons. The molecule has 2 rings (SSSR count). The molecule has 3 nitrogen and oxygen atoms in total. The van der Waals surface area contributed by atoms with Gasteiger partial charge in [-0.05, 0) is 0 Å². The van der Waals surface area contributed by atoms with Crippen LogP contribution in [0.15, 0.2) is 24.3 Å². The fourth-order valence-corrected chi connectivity index (χ4v) is 20.1. The molecule has 0 saturated heterocycles. The van der Waals surface area contributed by atoms with Crippen LogP contribution in [0.2, 0.25) is 13.3 Å². The van der Waals surface area contributed by atoms with E-state index < -0.39 is 18.4 Å². The van der Waals surface area contributed by atoms with Crippen LogP contribution in [0.4, 0.5) is 4.39 Å². The van der Waals surface area contributed by atoms with Crippen LogP contribution in [-0.4, -0.2) is 33.4 Å². The number of halogens is 1. The molecule has 0 amide bonds. The quantitative estimate of drug-likeness (QED) is 0.394. The number of hydrogen-bond donors (Lipinski definition) is 0. The first-order valence-corrected chi connectivity index (χ1v) is 17.7. The van der Waals surface area contributed by atoms with E-state index in [1.165, 1.54) is 73.4 Å². The van der Waals surface area contributed by atoms with Gasteiger partial charge in [0.2, 0.25) is 0 Å². The number of aromatic nitrogens is 3. The van der Waals surface area contributed by atoms with E-state index in [9.17, 15) is 4.39 Å². The van der Waals surface area contributed by atoms with Crippen molar-refractivity contribution in [1.82, 2.24) is 15.0 Å². The maximum absolute atomic E-state index is 13.3. The molecule has 0 bridgehead atoms. The van der Waals surface area contributed by atoms with E-state index in [-0.39, 0.29) is 5.82 Å². The van der Waals surface area contributed by atoms with Crippen molar-refractivity contribution in [3.8, 4) is 5.69 Å². The first kappa shape index (κ1) is 21.4. The fourth-order valence-electron chi connectivity index (χ4n) is 3.92. The van der Waals surface area contributed by atoms with Gasteiger partial charge in [-0.25, -0.2) is 0 Å². The standard InChI is InChI=1S/C9H7FN3.3C4H9.Sn/c1-7-6-11-12-13(7)9-4-2-8(10)3-5-9;3*1-3-4-2;/h2-5H,1H3;3*1,3-4H2,2H3;. The maximum atomic E-state index is 13.3. The molecule has 0 N–H and O–H groups in total. The summed E-state index contributed by atoms with van der Waals surface area (Å²) >= 11 is -2.59. The first-order valence-electron chi connectivity index (χ1n) is 10.3. The van der Waals surface area contributed by atoms with E-state index >= 15 is 0 Å². The van der Waals surface area contributed by atoms with Crippen LogP contribution in [0.5, 0.6) is 0 Å². The molecule has 26 heavy (non-hydrogen) atoms. The van der Waals surface area contributed by atoms with E-state index in [2.05, 4.69) is 32.9 Å². The Hall–Kier alpha value is -0.911. The molecule has 0 spiro atoms. The molecule has 0 unspecified atom stereocenters. The molecule has 0 saturated carbocycles. The van der Waals surface area contributed by atoms with Gasteiger partial charge in [-0.2, -0.15) is 0 Å². The van der Waals surface area contributed by atoms with Crippen molar-refractivity contribution in [1.29, 1.82) is 0 Å². The normalized spacial score (nSPS) is 11.9. The average molecular weight is 466 g/mol. The van der Waals surface area contributed by atoms with Crippen LogP contribution in [0.25, 0.3) is 5.69 Å². The van der Waals surface area contributed by atoms with Crippen molar-refractivity contribution >= 4 is 22.1 Å². The topological polar surface area (TPSA) is 30.7 Å². The van der Waals surface area contributed by atoms with Gasteiger partial charge in [0.05, 0.1) is 0 Å². The molecular weight excluding hydrogens is 432 g/mol. The predicted molar refractivity (Wildman–Crippen MR) is 111 cm³/mol. The summed E-state index contributed by atoms with van der Waals surface area (Å²) < 4.78 is 20.7. The van der Waals surface area contributed by atoms with Gasteiger partial charge in [0.15, 0.2) is 0 Å². The monoisotopic (exact) mass is 467 g/mol. The van der Waals surface area contributed by atoms with E-state index in [0.717, 1.165) is 5.69 Å². The van der Waals surface area contributed by atoms with Crippen molar-refractivity contribution in [2.75, 3.05) is 0 Å². The Morgan fingerprint density at radius 3 is 1.85 bits per heavy atom. The summed E-state index contributed by atoms with van der Waals surface area (Å²) in [6.07, 6.45) is 7.69. The molecule has 2 aromatic rings. The molecule has 0 atom stereocenters. The van der Waals surface area contributed by atoms with E-state index in [0.29, 0.717) is 0 Å². The van der Waals surface area contributed by atoms with Crippen LogP contribution >= 0.6 is 0 Å². The van der Waals surface area contributed by atoms with Crippen molar-refractivity contribution in [3.63, 3.8) is 0 Å². The summed E-state index contributed by atoms with van der Waals surface area (Å²) in [4.78, 5) is 0.